The fourth-order valence-electron chi connectivity index (χ4n) is 2.28. The summed E-state index contributed by atoms with van der Waals surface area (Å²) in [5, 5.41) is 7.46. The maximum atomic E-state index is 13.4. The summed E-state index contributed by atoms with van der Waals surface area (Å²) in [5.41, 5.74) is 0.664. The first kappa shape index (κ1) is 19.3. The van der Waals surface area contributed by atoms with Gasteiger partial charge in [0.05, 0.1) is 11.0 Å². The molecule has 1 heterocycles. The van der Waals surface area contributed by atoms with Crippen molar-refractivity contribution in [3.63, 3.8) is 0 Å². The van der Waals surface area contributed by atoms with E-state index in [9.17, 15) is 8.78 Å². The van der Waals surface area contributed by atoms with Crippen molar-refractivity contribution in [3.05, 3.63) is 51.5 Å². The van der Waals surface area contributed by atoms with E-state index >= 15 is 0 Å². The monoisotopic (exact) mass is 366 g/mol. The Hall–Kier alpha value is -2.02. The minimum absolute atomic E-state index is 0.195. The SMILES string of the molecule is CCNC(=NCCc1ncc(CC)s1)NC(C)c1ccc(F)c(F)c1. The summed E-state index contributed by atoms with van der Waals surface area (Å²) in [6.07, 6.45) is 3.69. The molecular weight excluding hydrogens is 342 g/mol. The number of aromatic nitrogens is 1. The summed E-state index contributed by atoms with van der Waals surface area (Å²) in [7, 11) is 0. The van der Waals surface area contributed by atoms with Crippen molar-refractivity contribution in [2.24, 2.45) is 4.99 Å². The Kier molecular flexibility index (Phi) is 7.31. The van der Waals surface area contributed by atoms with E-state index in [-0.39, 0.29) is 6.04 Å². The molecule has 0 radical (unpaired) electrons. The third kappa shape index (κ3) is 5.77. The van der Waals surface area contributed by atoms with E-state index in [1.165, 1.54) is 10.9 Å². The topological polar surface area (TPSA) is 49.3 Å². The van der Waals surface area contributed by atoms with Gasteiger partial charge in [-0.05, 0) is 38.0 Å². The largest absolute Gasteiger partial charge is 0.357 e. The lowest BCUT2D eigenvalue weighted by Gasteiger charge is -2.18. The number of nitrogens with one attached hydrogen (secondary N) is 2. The van der Waals surface area contributed by atoms with Gasteiger partial charge in [0, 0.05) is 30.6 Å². The molecule has 25 heavy (non-hydrogen) atoms. The average molecular weight is 366 g/mol. The molecular formula is C18H24F2N4S. The number of benzene rings is 1. The predicted octanol–water partition coefficient (Wildman–Crippen LogP) is 3.84. The van der Waals surface area contributed by atoms with Crippen molar-refractivity contribution in [1.29, 1.82) is 0 Å². The maximum Gasteiger partial charge on any atom is 0.191 e. The van der Waals surface area contributed by atoms with Gasteiger partial charge in [-0.15, -0.1) is 11.3 Å². The zero-order chi connectivity index (χ0) is 18.2. The summed E-state index contributed by atoms with van der Waals surface area (Å²) in [6.45, 7) is 7.30. The molecule has 1 aromatic carbocycles. The molecule has 0 aliphatic heterocycles. The highest BCUT2D eigenvalue weighted by molar-refractivity contribution is 7.11. The van der Waals surface area contributed by atoms with Crippen LogP contribution in [0.4, 0.5) is 8.78 Å². The number of guanidine groups is 1. The van der Waals surface area contributed by atoms with Gasteiger partial charge in [-0.1, -0.05) is 13.0 Å². The van der Waals surface area contributed by atoms with Crippen molar-refractivity contribution in [3.8, 4) is 0 Å². The zero-order valence-corrected chi connectivity index (χ0v) is 15.6. The minimum atomic E-state index is -0.844. The highest BCUT2D eigenvalue weighted by Gasteiger charge is 2.11. The molecule has 0 spiro atoms. The Morgan fingerprint density at radius 2 is 2.08 bits per heavy atom. The van der Waals surface area contributed by atoms with E-state index in [4.69, 9.17) is 0 Å². The molecule has 2 N–H and O–H groups in total. The molecule has 4 nitrogen and oxygen atoms in total. The van der Waals surface area contributed by atoms with Crippen LogP contribution in [0.25, 0.3) is 0 Å². The highest BCUT2D eigenvalue weighted by Crippen LogP contribution is 2.16. The van der Waals surface area contributed by atoms with Crippen LogP contribution in [0.5, 0.6) is 0 Å². The fourth-order valence-corrected chi connectivity index (χ4v) is 3.13. The van der Waals surface area contributed by atoms with Gasteiger partial charge in [0.25, 0.3) is 0 Å². The normalized spacial score (nSPS) is 12.9. The lowest BCUT2D eigenvalue weighted by Crippen LogP contribution is -2.39. The number of nitrogens with zero attached hydrogens (tertiary/aromatic N) is 2. The maximum absolute atomic E-state index is 13.4. The summed E-state index contributed by atoms with van der Waals surface area (Å²) in [5.74, 6) is -1.04. The van der Waals surface area contributed by atoms with Crippen molar-refractivity contribution in [2.75, 3.05) is 13.1 Å². The highest BCUT2D eigenvalue weighted by atomic mass is 32.1. The van der Waals surface area contributed by atoms with Crippen molar-refractivity contribution < 1.29 is 8.78 Å². The Bertz CT molecular complexity index is 715. The second-order valence-electron chi connectivity index (χ2n) is 5.62. The number of aryl methyl sites for hydroxylation is 1. The first-order chi connectivity index (χ1) is 12.0. The first-order valence-corrected chi connectivity index (χ1v) is 9.28. The number of aliphatic imine (C=N–C) groups is 1. The van der Waals surface area contributed by atoms with Crippen molar-refractivity contribution >= 4 is 17.3 Å². The number of halogens is 2. The molecule has 7 heteroatoms. The van der Waals surface area contributed by atoms with Crippen molar-refractivity contribution in [2.45, 2.75) is 39.7 Å². The van der Waals surface area contributed by atoms with Crippen LogP contribution in [0.1, 0.15) is 42.3 Å². The predicted molar refractivity (Wildman–Crippen MR) is 99.1 cm³/mol. The van der Waals surface area contributed by atoms with Gasteiger partial charge in [-0.25, -0.2) is 13.8 Å². The van der Waals surface area contributed by atoms with E-state index < -0.39 is 11.6 Å². The van der Waals surface area contributed by atoms with Crippen LogP contribution in [0.3, 0.4) is 0 Å². The lowest BCUT2D eigenvalue weighted by atomic mass is 10.1. The Balaban J connectivity index is 1.97. The third-order valence-electron chi connectivity index (χ3n) is 3.69. The van der Waals surface area contributed by atoms with Gasteiger partial charge in [-0.2, -0.15) is 0 Å². The van der Waals surface area contributed by atoms with Gasteiger partial charge < -0.3 is 10.6 Å². The summed E-state index contributed by atoms with van der Waals surface area (Å²) in [6, 6.07) is 3.72. The first-order valence-electron chi connectivity index (χ1n) is 8.46. The van der Waals surface area contributed by atoms with Crippen molar-refractivity contribution in [1.82, 2.24) is 15.6 Å². The Labute approximate surface area is 151 Å². The molecule has 1 unspecified atom stereocenters. The third-order valence-corrected chi connectivity index (χ3v) is 4.89. The van der Waals surface area contributed by atoms with E-state index in [0.29, 0.717) is 24.6 Å². The summed E-state index contributed by atoms with van der Waals surface area (Å²) < 4.78 is 26.5. The van der Waals surface area contributed by atoms with E-state index in [0.717, 1.165) is 23.9 Å². The van der Waals surface area contributed by atoms with Gasteiger partial charge in [0.15, 0.2) is 17.6 Å². The molecule has 0 bridgehead atoms. The summed E-state index contributed by atoms with van der Waals surface area (Å²) >= 11 is 1.71. The molecule has 0 saturated carbocycles. The second kappa shape index (κ2) is 9.46. The molecule has 0 aliphatic rings. The molecule has 1 aromatic heterocycles. The molecule has 0 fully saturated rings. The molecule has 0 amide bonds. The van der Waals surface area contributed by atoms with Crippen LogP contribution < -0.4 is 10.6 Å². The number of thiazole rings is 1. The van der Waals surface area contributed by atoms with Crippen LogP contribution in [-0.2, 0) is 12.8 Å². The number of rotatable bonds is 7. The number of hydrogen-bond acceptors (Lipinski definition) is 3. The number of hydrogen-bond donors (Lipinski definition) is 2. The molecule has 2 rings (SSSR count). The Morgan fingerprint density at radius 3 is 2.72 bits per heavy atom. The lowest BCUT2D eigenvalue weighted by molar-refractivity contribution is 0.504. The minimum Gasteiger partial charge on any atom is -0.357 e. The molecule has 2 aromatic rings. The van der Waals surface area contributed by atoms with E-state index in [1.807, 2.05) is 20.0 Å². The van der Waals surface area contributed by atoms with Crippen LogP contribution in [0.2, 0.25) is 0 Å². The van der Waals surface area contributed by atoms with Gasteiger partial charge in [0.2, 0.25) is 0 Å². The quantitative estimate of drug-likeness (QED) is 0.578. The van der Waals surface area contributed by atoms with E-state index in [1.54, 1.807) is 17.4 Å². The second-order valence-corrected chi connectivity index (χ2v) is 6.82. The molecule has 0 saturated heterocycles. The van der Waals surface area contributed by atoms with Crippen LogP contribution >= 0.6 is 11.3 Å². The van der Waals surface area contributed by atoms with E-state index in [2.05, 4.69) is 27.5 Å². The zero-order valence-electron chi connectivity index (χ0n) is 14.8. The Morgan fingerprint density at radius 1 is 1.28 bits per heavy atom. The average Bonchev–Trinajstić information content (AvgIpc) is 3.05. The standard InChI is InChI=1S/C18H24F2N4S/c1-4-14-11-23-17(25-14)8-9-22-18(21-5-2)24-12(3)13-6-7-15(19)16(20)10-13/h6-7,10-12H,4-5,8-9H2,1-3H3,(H2,21,22,24). The smallest absolute Gasteiger partial charge is 0.191 e. The van der Waals surface area contributed by atoms with Gasteiger partial charge in [0.1, 0.15) is 0 Å². The van der Waals surface area contributed by atoms with Crippen LogP contribution in [-0.4, -0.2) is 24.0 Å². The summed E-state index contributed by atoms with van der Waals surface area (Å²) in [4.78, 5) is 10.2. The fraction of sp³-hybridized carbons (Fsp3) is 0.444. The molecule has 1 atom stereocenters. The van der Waals surface area contributed by atoms with Gasteiger partial charge >= 0.3 is 0 Å². The molecule has 136 valence electrons. The van der Waals surface area contributed by atoms with Gasteiger partial charge in [-0.3, -0.25) is 4.99 Å². The van der Waals surface area contributed by atoms with Crippen LogP contribution in [0.15, 0.2) is 29.4 Å². The molecule has 0 aliphatic carbocycles. The van der Waals surface area contributed by atoms with Crippen LogP contribution in [0, 0.1) is 11.6 Å².